The second kappa shape index (κ2) is 8.78. The summed E-state index contributed by atoms with van der Waals surface area (Å²) in [6.45, 7) is 0. The van der Waals surface area contributed by atoms with Gasteiger partial charge in [-0.1, -0.05) is 0 Å². The lowest BCUT2D eigenvalue weighted by molar-refractivity contribution is -0.742. The molecule has 80 valence electrons. The van der Waals surface area contributed by atoms with Crippen molar-refractivity contribution in [3.63, 3.8) is 0 Å². The molecule has 0 bridgehead atoms. The summed E-state index contributed by atoms with van der Waals surface area (Å²) in [6.07, 6.45) is 0. The van der Waals surface area contributed by atoms with Gasteiger partial charge in [0.25, 0.3) is 5.09 Å². The third-order valence-electron chi connectivity index (χ3n) is 0. The molecule has 11 nitrogen and oxygen atoms in total. The van der Waals surface area contributed by atoms with Crippen LogP contribution in [0.25, 0.3) is 0 Å². The zero-order valence-electron chi connectivity index (χ0n) is 5.46. The topological polar surface area (TPSA) is 189 Å². The van der Waals surface area contributed by atoms with Crippen LogP contribution in [-0.2, 0) is 21.0 Å². The van der Waals surface area contributed by atoms with Crippen molar-refractivity contribution in [3.8, 4) is 0 Å². The van der Waals surface area contributed by atoms with Crippen molar-refractivity contribution in [1.29, 1.82) is 0 Å². The van der Waals surface area contributed by atoms with Crippen molar-refractivity contribution in [1.82, 2.24) is 0 Å². The average molecular weight is 241 g/mol. The van der Waals surface area contributed by atoms with Gasteiger partial charge in [0.1, 0.15) is 0 Å². The molecule has 0 spiro atoms. The molecule has 0 unspecified atom stereocenters. The van der Waals surface area contributed by atoms with Crippen LogP contribution < -0.4 is 0 Å². The normalized spacial score (nSPS) is 8.15. The SMILES string of the molecule is O=S(=O)(O)O.O=S(=O)=O.O=[N+]([O-])O. The molecular formula is H3NO10S2. The van der Waals surface area contributed by atoms with Crippen molar-refractivity contribution < 1.29 is 40.4 Å². The average Bonchev–Trinajstić information content (AvgIpc) is 1.50. The van der Waals surface area contributed by atoms with Crippen LogP contribution >= 0.6 is 0 Å². The monoisotopic (exact) mass is 241 g/mol. The maximum Gasteiger partial charge on any atom is 0.425 e. The molecule has 0 heterocycles. The van der Waals surface area contributed by atoms with Gasteiger partial charge >= 0.3 is 21.0 Å². The van der Waals surface area contributed by atoms with Gasteiger partial charge in [-0.3, -0.25) is 9.11 Å². The van der Waals surface area contributed by atoms with E-state index in [4.69, 9.17) is 45.5 Å². The van der Waals surface area contributed by atoms with Crippen LogP contribution in [0.3, 0.4) is 0 Å². The number of nitrogens with zero attached hydrogens (tertiary/aromatic N) is 1. The lowest BCUT2D eigenvalue weighted by atomic mass is 13.1. The molecule has 0 amide bonds. The Labute approximate surface area is 72.4 Å². The van der Waals surface area contributed by atoms with Gasteiger partial charge < -0.3 is 5.21 Å². The van der Waals surface area contributed by atoms with E-state index in [9.17, 15) is 0 Å². The van der Waals surface area contributed by atoms with Gasteiger partial charge in [-0.15, -0.1) is 22.7 Å². The molecule has 0 aromatic heterocycles. The molecule has 0 aliphatic carbocycles. The zero-order chi connectivity index (χ0) is 11.7. The van der Waals surface area contributed by atoms with E-state index in [-0.39, 0.29) is 0 Å². The van der Waals surface area contributed by atoms with Gasteiger partial charge in [-0.2, -0.15) is 8.42 Å². The quantitative estimate of drug-likeness (QED) is 0.242. The Hall–Kier alpha value is -1.31. The van der Waals surface area contributed by atoms with E-state index in [1.165, 1.54) is 0 Å². The standard InChI is InChI=1S/HNO3.H2O4S.O3S/c2-1(3)4;1-5(2,3)4;1-4(2)3/h(H,2,3,4);(H2,1,2,3,4);. The molecule has 0 aliphatic rings. The summed E-state index contributed by atoms with van der Waals surface area (Å²) in [5, 5.41) is 13.6. The highest BCUT2D eigenvalue weighted by Gasteiger charge is 1.84. The number of rotatable bonds is 0. The molecule has 0 aromatic rings. The highest BCUT2D eigenvalue weighted by atomic mass is 32.3. The van der Waals surface area contributed by atoms with Crippen LogP contribution in [0.1, 0.15) is 0 Å². The Kier molecular flexibility index (Phi) is 12.0. The second-order valence-corrected chi connectivity index (χ2v) is 2.19. The minimum Gasteiger partial charge on any atom is -0.328 e. The summed E-state index contributed by atoms with van der Waals surface area (Å²) in [4.78, 5) is 8.36. The smallest absolute Gasteiger partial charge is 0.328 e. The van der Waals surface area contributed by atoms with Crippen LogP contribution in [0.15, 0.2) is 0 Å². The first-order valence-corrected chi connectivity index (χ1v) is 4.16. The summed E-state index contributed by atoms with van der Waals surface area (Å²) >= 11 is 0. The van der Waals surface area contributed by atoms with E-state index in [1.54, 1.807) is 0 Å². The summed E-state index contributed by atoms with van der Waals surface area (Å²) in [5.41, 5.74) is 0. The Morgan fingerprint density at radius 2 is 1.15 bits per heavy atom. The molecule has 13 heteroatoms. The summed E-state index contributed by atoms with van der Waals surface area (Å²) in [7, 11) is -7.78. The van der Waals surface area contributed by atoms with Crippen LogP contribution in [-0.4, -0.2) is 40.4 Å². The van der Waals surface area contributed by atoms with Crippen molar-refractivity contribution in [2.45, 2.75) is 0 Å². The summed E-state index contributed by atoms with van der Waals surface area (Å²) < 4.78 is 56.9. The molecule has 0 aliphatic heterocycles. The van der Waals surface area contributed by atoms with Crippen molar-refractivity contribution in [3.05, 3.63) is 10.1 Å². The fourth-order valence-electron chi connectivity index (χ4n) is 0. The van der Waals surface area contributed by atoms with Gasteiger partial charge in [0.05, 0.1) is 0 Å². The molecule has 0 radical (unpaired) electrons. The van der Waals surface area contributed by atoms with E-state index in [1.807, 2.05) is 0 Å². The maximum atomic E-state index is 8.74. The van der Waals surface area contributed by atoms with Crippen molar-refractivity contribution >= 4 is 21.0 Å². The Balaban J connectivity index is -0.000000117. The molecule has 13 heavy (non-hydrogen) atoms. The van der Waals surface area contributed by atoms with E-state index in [0.717, 1.165) is 0 Å². The molecular weight excluding hydrogens is 238 g/mol. The van der Waals surface area contributed by atoms with Gasteiger partial charge in [0.15, 0.2) is 0 Å². The first-order chi connectivity index (χ1) is 5.46. The molecule has 0 rings (SSSR count). The molecule has 3 N–H and O–H groups in total. The van der Waals surface area contributed by atoms with E-state index < -0.39 is 26.1 Å². The van der Waals surface area contributed by atoms with Gasteiger partial charge in [0, 0.05) is 0 Å². The first-order valence-electron chi connectivity index (χ1n) is 1.76. The number of hydrogen-bond donors (Lipinski definition) is 3. The van der Waals surface area contributed by atoms with E-state index in [0.29, 0.717) is 0 Å². The molecule has 0 aromatic carbocycles. The minimum atomic E-state index is -4.67. The van der Waals surface area contributed by atoms with Gasteiger partial charge in [0.2, 0.25) is 0 Å². The summed E-state index contributed by atoms with van der Waals surface area (Å²) in [6, 6.07) is 0. The minimum absolute atomic E-state index is 1.50. The molecule has 0 atom stereocenters. The van der Waals surface area contributed by atoms with Crippen LogP contribution in [0.2, 0.25) is 0 Å². The van der Waals surface area contributed by atoms with Gasteiger partial charge in [-0.05, 0) is 0 Å². The van der Waals surface area contributed by atoms with Crippen LogP contribution in [0.4, 0.5) is 0 Å². The van der Waals surface area contributed by atoms with E-state index in [2.05, 4.69) is 0 Å². The summed E-state index contributed by atoms with van der Waals surface area (Å²) in [5.74, 6) is 0. The fourth-order valence-corrected chi connectivity index (χ4v) is 0. The van der Waals surface area contributed by atoms with Crippen LogP contribution in [0.5, 0.6) is 0 Å². The Bertz CT molecular complexity index is 295. The second-order valence-electron chi connectivity index (χ2n) is 0.890. The lowest BCUT2D eigenvalue weighted by Gasteiger charge is -1.68. The third-order valence-corrected chi connectivity index (χ3v) is 0. The Morgan fingerprint density at radius 1 is 1.15 bits per heavy atom. The molecule has 0 saturated heterocycles. The zero-order valence-corrected chi connectivity index (χ0v) is 7.10. The lowest BCUT2D eigenvalue weighted by Crippen LogP contribution is -1.89. The molecule has 0 saturated carbocycles. The number of hydrogen-bond acceptors (Lipinski definition) is 7. The van der Waals surface area contributed by atoms with Crippen LogP contribution in [0, 0.1) is 10.1 Å². The Morgan fingerprint density at radius 3 is 1.15 bits per heavy atom. The van der Waals surface area contributed by atoms with Crippen molar-refractivity contribution in [2.24, 2.45) is 0 Å². The van der Waals surface area contributed by atoms with Crippen molar-refractivity contribution in [2.75, 3.05) is 0 Å². The third kappa shape index (κ3) is 470. The molecule has 0 fully saturated rings. The largest absolute Gasteiger partial charge is 0.425 e. The van der Waals surface area contributed by atoms with E-state index >= 15 is 0 Å². The fraction of sp³-hybridized carbons (Fsp3) is 0. The highest BCUT2D eigenvalue weighted by molar-refractivity contribution is 7.79. The first kappa shape index (κ1) is 17.7. The highest BCUT2D eigenvalue weighted by Crippen LogP contribution is 1.59. The maximum absolute atomic E-state index is 8.74. The predicted molar refractivity (Wildman–Crippen MR) is 32.7 cm³/mol. The predicted octanol–water partition coefficient (Wildman–Crippen LogP) is -2.00. The van der Waals surface area contributed by atoms with Gasteiger partial charge in [-0.25, -0.2) is 0 Å².